The maximum absolute atomic E-state index is 5.97. The van der Waals surface area contributed by atoms with Crippen LogP contribution in [0, 0.1) is 0 Å². The Hall–Kier alpha value is -1.06. The van der Waals surface area contributed by atoms with E-state index in [9.17, 15) is 0 Å². The molecule has 0 amide bonds. The lowest BCUT2D eigenvalue weighted by atomic mass is 9.93. The Balaban J connectivity index is 0.00000300. The number of nitrogens with one attached hydrogen (secondary N) is 2. The highest BCUT2D eigenvalue weighted by Gasteiger charge is 2.23. The molecule has 1 aliphatic carbocycles. The molecule has 5 nitrogen and oxygen atoms in total. The zero-order valence-corrected chi connectivity index (χ0v) is 20.6. The van der Waals surface area contributed by atoms with E-state index in [0.717, 1.165) is 63.3 Å². The van der Waals surface area contributed by atoms with Crippen LogP contribution in [0.4, 0.5) is 0 Å². The first-order valence-corrected chi connectivity index (χ1v) is 11.3. The second-order valence-electron chi connectivity index (χ2n) is 7.62. The summed E-state index contributed by atoms with van der Waals surface area (Å²) in [5, 5.41) is 9.25. The first-order valence-electron chi connectivity index (χ1n) is 10.4. The zero-order valence-electron chi connectivity index (χ0n) is 17.4. The van der Waals surface area contributed by atoms with Gasteiger partial charge in [-0.2, -0.15) is 0 Å². The normalized spacial score (nSPS) is 19.8. The molecule has 2 N–H and O–H groups in total. The Bertz CT molecular complexity index is 681. The van der Waals surface area contributed by atoms with Gasteiger partial charge in [-0.25, -0.2) is 0 Å². The molecule has 3 rings (SSSR count). The Labute approximate surface area is 195 Å². The van der Waals surface area contributed by atoms with Crippen LogP contribution in [0.15, 0.2) is 45.3 Å². The molecule has 0 bridgehead atoms. The number of nitrogens with zero attached hydrogens (tertiary/aromatic N) is 1. The molecule has 0 unspecified atom stereocenters. The van der Waals surface area contributed by atoms with Gasteiger partial charge in [0, 0.05) is 36.9 Å². The van der Waals surface area contributed by atoms with Crippen LogP contribution in [0.3, 0.4) is 0 Å². The molecule has 0 aliphatic heterocycles. The third-order valence-electron chi connectivity index (χ3n) is 4.93. The molecule has 7 heteroatoms. The molecule has 0 saturated heterocycles. The van der Waals surface area contributed by atoms with Crippen molar-refractivity contribution in [2.45, 2.75) is 70.6 Å². The molecule has 0 spiro atoms. The molecule has 2 heterocycles. The van der Waals surface area contributed by atoms with Crippen LogP contribution in [-0.2, 0) is 17.6 Å². The molecule has 1 saturated carbocycles. The molecule has 0 aromatic carbocycles. The molecule has 2 aromatic rings. The van der Waals surface area contributed by atoms with Crippen molar-refractivity contribution in [2.24, 2.45) is 4.99 Å². The number of guanidine groups is 1. The van der Waals surface area contributed by atoms with E-state index in [2.05, 4.69) is 42.0 Å². The molecular formula is C22H34IN3O2S. The zero-order chi connectivity index (χ0) is 19.6. The lowest BCUT2D eigenvalue weighted by molar-refractivity contribution is -0.0152. The number of furan rings is 1. The van der Waals surface area contributed by atoms with Gasteiger partial charge in [-0.05, 0) is 63.1 Å². The van der Waals surface area contributed by atoms with Crippen LogP contribution in [-0.4, -0.2) is 37.3 Å². The first kappa shape index (κ1) is 24.2. The summed E-state index contributed by atoms with van der Waals surface area (Å²) >= 11 is 1.79. The van der Waals surface area contributed by atoms with Crippen LogP contribution in [0.5, 0.6) is 0 Å². The van der Waals surface area contributed by atoms with Crippen molar-refractivity contribution in [1.29, 1.82) is 0 Å². The fourth-order valence-corrected chi connectivity index (χ4v) is 4.26. The summed E-state index contributed by atoms with van der Waals surface area (Å²) in [5.41, 5.74) is 0. The fraction of sp³-hybridized carbons (Fsp3) is 0.591. The lowest BCUT2D eigenvalue weighted by Crippen LogP contribution is -2.46. The van der Waals surface area contributed by atoms with Gasteiger partial charge < -0.3 is 19.8 Å². The average Bonchev–Trinajstić information content (AvgIpc) is 3.37. The third-order valence-corrected chi connectivity index (χ3v) is 5.87. The van der Waals surface area contributed by atoms with Crippen molar-refractivity contribution >= 4 is 41.3 Å². The Kier molecular flexibility index (Phi) is 11.1. The monoisotopic (exact) mass is 531 g/mol. The van der Waals surface area contributed by atoms with E-state index in [0.29, 0.717) is 18.2 Å². The van der Waals surface area contributed by atoms with E-state index >= 15 is 0 Å². The summed E-state index contributed by atoms with van der Waals surface area (Å²) in [6.45, 7) is 5.84. The summed E-state index contributed by atoms with van der Waals surface area (Å²) in [6.07, 6.45) is 8.76. The van der Waals surface area contributed by atoms with Crippen molar-refractivity contribution in [2.75, 3.05) is 13.1 Å². The van der Waals surface area contributed by atoms with Crippen LogP contribution >= 0.6 is 35.3 Å². The number of thiophene rings is 1. The number of hydrogen-bond donors (Lipinski definition) is 2. The molecule has 2 aromatic heterocycles. The molecule has 1 aliphatic rings. The van der Waals surface area contributed by atoms with Crippen LogP contribution in [0.2, 0.25) is 0 Å². The molecule has 1 fully saturated rings. The molecular weight excluding hydrogens is 497 g/mol. The van der Waals surface area contributed by atoms with E-state index in [-0.39, 0.29) is 24.0 Å². The topological polar surface area (TPSA) is 58.8 Å². The van der Waals surface area contributed by atoms with Gasteiger partial charge in [0.2, 0.25) is 0 Å². The number of hydrogen-bond acceptors (Lipinski definition) is 4. The maximum Gasteiger partial charge on any atom is 0.191 e. The van der Waals surface area contributed by atoms with E-state index in [1.54, 1.807) is 17.6 Å². The quantitative estimate of drug-likeness (QED) is 0.271. The Morgan fingerprint density at radius 3 is 2.69 bits per heavy atom. The predicted molar refractivity (Wildman–Crippen MR) is 132 cm³/mol. The highest BCUT2D eigenvalue weighted by atomic mass is 127. The minimum Gasteiger partial charge on any atom is -0.469 e. The van der Waals surface area contributed by atoms with Crippen LogP contribution in [0.25, 0.3) is 0 Å². The van der Waals surface area contributed by atoms with E-state index in [1.807, 2.05) is 12.1 Å². The van der Waals surface area contributed by atoms with Gasteiger partial charge >= 0.3 is 0 Å². The van der Waals surface area contributed by atoms with Gasteiger partial charge in [-0.3, -0.25) is 4.99 Å². The summed E-state index contributed by atoms with van der Waals surface area (Å²) in [6, 6.07) is 8.68. The fourth-order valence-electron chi connectivity index (χ4n) is 3.57. The van der Waals surface area contributed by atoms with Crippen molar-refractivity contribution in [3.63, 3.8) is 0 Å². The number of rotatable bonds is 9. The predicted octanol–water partition coefficient (Wildman–Crippen LogP) is 5.02. The molecule has 162 valence electrons. The second kappa shape index (κ2) is 13.3. The maximum atomic E-state index is 5.97. The smallest absolute Gasteiger partial charge is 0.191 e. The van der Waals surface area contributed by atoms with E-state index in [1.165, 1.54) is 4.88 Å². The summed E-state index contributed by atoms with van der Waals surface area (Å²) in [4.78, 5) is 6.20. The first-order chi connectivity index (χ1) is 13.7. The van der Waals surface area contributed by atoms with E-state index < -0.39 is 0 Å². The van der Waals surface area contributed by atoms with Gasteiger partial charge in [0.05, 0.1) is 18.5 Å². The van der Waals surface area contributed by atoms with Gasteiger partial charge in [0.1, 0.15) is 5.76 Å². The number of aliphatic imine (C=N–C) groups is 1. The lowest BCUT2D eigenvalue weighted by Gasteiger charge is -2.31. The van der Waals surface area contributed by atoms with Crippen LogP contribution < -0.4 is 10.6 Å². The number of halogens is 1. The number of ether oxygens (including phenoxy) is 1. The van der Waals surface area contributed by atoms with Crippen molar-refractivity contribution < 1.29 is 9.15 Å². The highest BCUT2D eigenvalue weighted by Crippen LogP contribution is 2.22. The minimum absolute atomic E-state index is 0. The average molecular weight is 532 g/mol. The molecule has 0 atom stereocenters. The largest absolute Gasteiger partial charge is 0.469 e. The van der Waals surface area contributed by atoms with Crippen LogP contribution in [0.1, 0.15) is 50.2 Å². The van der Waals surface area contributed by atoms with E-state index in [4.69, 9.17) is 14.1 Å². The van der Waals surface area contributed by atoms with Gasteiger partial charge in [0.25, 0.3) is 0 Å². The van der Waals surface area contributed by atoms with Crippen molar-refractivity contribution in [3.8, 4) is 0 Å². The Morgan fingerprint density at radius 1 is 1.21 bits per heavy atom. The summed E-state index contributed by atoms with van der Waals surface area (Å²) < 4.78 is 11.4. The second-order valence-corrected chi connectivity index (χ2v) is 8.65. The van der Waals surface area contributed by atoms with Crippen molar-refractivity contribution in [3.05, 3.63) is 46.5 Å². The standard InChI is InChI=1S/C22H33N3O2S.HI/c1-17(2)27-20-9-7-18(8-10-20)25-22(23-13-11-19-5-3-15-26-19)24-14-12-21-6-4-16-28-21;/h3-6,15-18,20H,7-14H2,1-2H3,(H2,23,24,25);1H. The Morgan fingerprint density at radius 2 is 2.03 bits per heavy atom. The summed E-state index contributed by atoms with van der Waals surface area (Å²) in [5.74, 6) is 1.91. The van der Waals surface area contributed by atoms with Gasteiger partial charge in [0.15, 0.2) is 5.96 Å². The molecule has 29 heavy (non-hydrogen) atoms. The SMILES string of the molecule is CC(C)OC1CCC(NC(=NCCc2cccs2)NCCc2ccco2)CC1.I. The third kappa shape index (κ3) is 9.09. The van der Waals surface area contributed by atoms with Gasteiger partial charge in [-0.1, -0.05) is 6.07 Å². The highest BCUT2D eigenvalue weighted by molar-refractivity contribution is 14.0. The van der Waals surface area contributed by atoms with Gasteiger partial charge in [-0.15, -0.1) is 35.3 Å². The van der Waals surface area contributed by atoms with Crippen molar-refractivity contribution in [1.82, 2.24) is 10.6 Å². The summed E-state index contributed by atoms with van der Waals surface area (Å²) in [7, 11) is 0. The molecule has 0 radical (unpaired) electrons. The minimum atomic E-state index is 0.